The number of ether oxygens (including phenoxy) is 1. The molecule has 0 saturated heterocycles. The number of nitrogens with two attached hydrogens (primary N) is 1. The maximum atomic E-state index is 12.3. The first-order chi connectivity index (χ1) is 8.26. The van der Waals surface area contributed by atoms with Gasteiger partial charge in [0.1, 0.15) is 5.75 Å². The Morgan fingerprint density at radius 2 is 2.00 bits per heavy atom. The van der Waals surface area contributed by atoms with Gasteiger partial charge in [0.2, 0.25) is 0 Å². The van der Waals surface area contributed by atoms with Crippen LogP contribution in [0.5, 0.6) is 5.75 Å². The van der Waals surface area contributed by atoms with E-state index in [0.29, 0.717) is 23.5 Å². The van der Waals surface area contributed by atoms with Gasteiger partial charge in [0.25, 0.3) is 5.91 Å². The lowest BCUT2D eigenvalue weighted by Gasteiger charge is -2.27. The Balaban J connectivity index is 2.97. The summed E-state index contributed by atoms with van der Waals surface area (Å²) in [6.07, 6.45) is 0. The van der Waals surface area contributed by atoms with Crippen molar-refractivity contribution in [3.63, 3.8) is 0 Å². The quantitative estimate of drug-likeness (QED) is 0.838. The first kappa shape index (κ1) is 14.4. The van der Waals surface area contributed by atoms with Crippen molar-refractivity contribution in [3.8, 4) is 5.75 Å². The average Bonchev–Trinajstić information content (AvgIpc) is 2.26. The van der Waals surface area contributed by atoms with Crippen molar-refractivity contribution in [2.24, 2.45) is 5.41 Å². The summed E-state index contributed by atoms with van der Waals surface area (Å²) in [7, 11) is 3.32. The maximum absolute atomic E-state index is 12.3. The number of methoxy groups -OCH3 is 1. The van der Waals surface area contributed by atoms with Gasteiger partial charge in [-0.3, -0.25) is 4.79 Å². The molecule has 0 spiro atoms. The van der Waals surface area contributed by atoms with Gasteiger partial charge in [0, 0.05) is 13.6 Å². The maximum Gasteiger partial charge on any atom is 0.255 e. The number of para-hydroxylation sites is 1. The number of carbonyl (C=O) groups excluding carboxylic acids is 1. The molecule has 100 valence electrons. The van der Waals surface area contributed by atoms with Crippen LogP contribution in [0.25, 0.3) is 0 Å². The fourth-order valence-electron chi connectivity index (χ4n) is 1.90. The normalized spacial score (nSPS) is 11.2. The van der Waals surface area contributed by atoms with Crippen LogP contribution in [0.15, 0.2) is 18.2 Å². The number of carbonyl (C=O) groups is 1. The number of nitrogens with zero attached hydrogens (tertiary/aromatic N) is 1. The van der Waals surface area contributed by atoms with Crippen molar-refractivity contribution < 1.29 is 9.53 Å². The standard InChI is InChI=1S/C14H22N2O2/c1-14(2,3)9-16(4)13(17)10-7-6-8-11(18-5)12(10)15/h6-8H,9,15H2,1-5H3. The molecule has 0 aromatic heterocycles. The third-order valence-electron chi connectivity index (χ3n) is 2.57. The fraction of sp³-hybridized carbons (Fsp3) is 0.500. The van der Waals surface area contributed by atoms with E-state index < -0.39 is 0 Å². The van der Waals surface area contributed by atoms with Crippen molar-refractivity contribution >= 4 is 11.6 Å². The summed E-state index contributed by atoms with van der Waals surface area (Å²) in [4.78, 5) is 14.0. The third-order valence-corrected chi connectivity index (χ3v) is 2.57. The molecule has 0 fully saturated rings. The molecule has 0 saturated carbocycles. The first-order valence-electron chi connectivity index (χ1n) is 5.94. The molecule has 2 N–H and O–H groups in total. The lowest BCUT2D eigenvalue weighted by Crippen LogP contribution is -2.34. The van der Waals surface area contributed by atoms with Crippen molar-refractivity contribution in [2.45, 2.75) is 20.8 Å². The van der Waals surface area contributed by atoms with Crippen LogP contribution < -0.4 is 10.5 Å². The number of hydrogen-bond donors (Lipinski definition) is 1. The van der Waals surface area contributed by atoms with E-state index in [9.17, 15) is 4.79 Å². The van der Waals surface area contributed by atoms with Gasteiger partial charge in [-0.05, 0) is 17.5 Å². The summed E-state index contributed by atoms with van der Waals surface area (Å²) < 4.78 is 5.12. The predicted octanol–water partition coefficient (Wildman–Crippen LogP) is 2.40. The summed E-state index contributed by atoms with van der Waals surface area (Å²) in [5, 5.41) is 0. The highest BCUT2D eigenvalue weighted by Crippen LogP contribution is 2.26. The Hall–Kier alpha value is -1.71. The zero-order chi connectivity index (χ0) is 13.9. The Bertz CT molecular complexity index is 436. The van der Waals surface area contributed by atoms with Crippen LogP contribution >= 0.6 is 0 Å². The molecule has 0 atom stereocenters. The van der Waals surface area contributed by atoms with Crippen LogP contribution in [-0.4, -0.2) is 31.5 Å². The van der Waals surface area contributed by atoms with Crippen molar-refractivity contribution in [1.82, 2.24) is 4.90 Å². The number of hydrogen-bond acceptors (Lipinski definition) is 3. The van der Waals surface area contributed by atoms with Gasteiger partial charge < -0.3 is 15.4 Å². The zero-order valence-electron chi connectivity index (χ0n) is 11.8. The molecular weight excluding hydrogens is 228 g/mol. The topological polar surface area (TPSA) is 55.6 Å². The minimum Gasteiger partial charge on any atom is -0.495 e. The Morgan fingerprint density at radius 1 is 1.39 bits per heavy atom. The second-order valence-corrected chi connectivity index (χ2v) is 5.64. The number of nitrogen functional groups attached to an aromatic ring is 1. The molecule has 1 rings (SSSR count). The second kappa shape index (κ2) is 5.29. The van der Waals surface area contributed by atoms with E-state index in [0.717, 1.165) is 0 Å². The van der Waals surface area contributed by atoms with Gasteiger partial charge in [0.05, 0.1) is 18.4 Å². The van der Waals surface area contributed by atoms with Crippen LogP contribution in [0.4, 0.5) is 5.69 Å². The summed E-state index contributed by atoms with van der Waals surface area (Å²) in [5.74, 6) is 0.450. The van der Waals surface area contributed by atoms with E-state index in [1.54, 1.807) is 37.3 Å². The summed E-state index contributed by atoms with van der Waals surface area (Å²) in [6, 6.07) is 5.24. The van der Waals surface area contributed by atoms with Gasteiger partial charge in [-0.15, -0.1) is 0 Å². The molecule has 0 heterocycles. The number of rotatable bonds is 3. The van der Waals surface area contributed by atoms with Crippen molar-refractivity contribution in [1.29, 1.82) is 0 Å². The molecule has 0 bridgehead atoms. The summed E-state index contributed by atoms with van der Waals surface area (Å²) >= 11 is 0. The molecule has 1 amide bonds. The van der Waals surface area contributed by atoms with Gasteiger partial charge in [0.15, 0.2) is 0 Å². The minimum atomic E-state index is -0.0821. The molecule has 18 heavy (non-hydrogen) atoms. The van der Waals surface area contributed by atoms with Crippen LogP contribution in [0, 0.1) is 5.41 Å². The second-order valence-electron chi connectivity index (χ2n) is 5.64. The van der Waals surface area contributed by atoms with Gasteiger partial charge in [-0.25, -0.2) is 0 Å². The van der Waals surface area contributed by atoms with Crippen molar-refractivity contribution in [2.75, 3.05) is 26.4 Å². The molecule has 0 aliphatic heterocycles. The van der Waals surface area contributed by atoms with E-state index in [1.165, 1.54) is 0 Å². The number of benzene rings is 1. The van der Waals surface area contributed by atoms with Crippen LogP contribution in [0.3, 0.4) is 0 Å². The molecule has 0 unspecified atom stereocenters. The third kappa shape index (κ3) is 3.39. The molecular formula is C14H22N2O2. The highest BCUT2D eigenvalue weighted by molar-refractivity contribution is 6.00. The lowest BCUT2D eigenvalue weighted by atomic mass is 9.96. The van der Waals surface area contributed by atoms with Crippen LogP contribution in [-0.2, 0) is 0 Å². The minimum absolute atomic E-state index is 0.0536. The fourth-order valence-corrected chi connectivity index (χ4v) is 1.90. The van der Waals surface area contributed by atoms with E-state index in [1.807, 2.05) is 0 Å². The van der Waals surface area contributed by atoms with E-state index >= 15 is 0 Å². The molecule has 4 heteroatoms. The van der Waals surface area contributed by atoms with E-state index in [2.05, 4.69) is 20.8 Å². The SMILES string of the molecule is COc1cccc(C(=O)N(C)CC(C)(C)C)c1N. The van der Waals surface area contributed by atoms with Gasteiger partial charge >= 0.3 is 0 Å². The van der Waals surface area contributed by atoms with Crippen molar-refractivity contribution in [3.05, 3.63) is 23.8 Å². The van der Waals surface area contributed by atoms with Crippen LogP contribution in [0.2, 0.25) is 0 Å². The highest BCUT2D eigenvalue weighted by atomic mass is 16.5. The Morgan fingerprint density at radius 3 is 2.50 bits per heavy atom. The molecule has 1 aromatic rings. The first-order valence-corrected chi connectivity index (χ1v) is 5.94. The summed E-state index contributed by atoms with van der Waals surface area (Å²) in [5.41, 5.74) is 6.86. The van der Waals surface area contributed by atoms with E-state index in [-0.39, 0.29) is 11.3 Å². The molecule has 1 aromatic carbocycles. The lowest BCUT2D eigenvalue weighted by molar-refractivity contribution is 0.0746. The average molecular weight is 250 g/mol. The molecule has 0 aliphatic rings. The van der Waals surface area contributed by atoms with Gasteiger partial charge in [-0.1, -0.05) is 26.8 Å². The molecule has 0 radical (unpaired) electrons. The Labute approximate surface area is 109 Å². The predicted molar refractivity (Wildman–Crippen MR) is 73.8 cm³/mol. The van der Waals surface area contributed by atoms with E-state index in [4.69, 9.17) is 10.5 Å². The number of anilines is 1. The van der Waals surface area contributed by atoms with Gasteiger partial charge in [-0.2, -0.15) is 0 Å². The summed E-state index contributed by atoms with van der Waals surface area (Å²) in [6.45, 7) is 6.94. The molecule has 4 nitrogen and oxygen atoms in total. The highest BCUT2D eigenvalue weighted by Gasteiger charge is 2.21. The molecule has 0 aliphatic carbocycles. The largest absolute Gasteiger partial charge is 0.495 e. The number of amides is 1. The zero-order valence-corrected chi connectivity index (χ0v) is 11.8. The monoisotopic (exact) mass is 250 g/mol. The smallest absolute Gasteiger partial charge is 0.255 e. The van der Waals surface area contributed by atoms with Crippen LogP contribution in [0.1, 0.15) is 31.1 Å². The Kier molecular flexibility index (Phi) is 4.22.